The quantitative estimate of drug-likeness (QED) is 0.859. The molecule has 0 radical (unpaired) electrons. The zero-order chi connectivity index (χ0) is 9.68. The van der Waals surface area contributed by atoms with Gasteiger partial charge >= 0.3 is 0 Å². The Morgan fingerprint density at radius 1 is 1.54 bits per heavy atom. The highest BCUT2D eigenvalue weighted by atomic mass is 127. The summed E-state index contributed by atoms with van der Waals surface area (Å²) in [5.74, 6) is 0.702. The summed E-state index contributed by atoms with van der Waals surface area (Å²) in [4.78, 5) is 0. The van der Waals surface area contributed by atoms with Gasteiger partial charge in [-0.05, 0) is 40.8 Å². The topological polar surface area (TPSA) is 53.2 Å². The third-order valence-electron chi connectivity index (χ3n) is 1.41. The lowest BCUT2D eigenvalue weighted by Gasteiger charge is -2.05. The fourth-order valence-electron chi connectivity index (χ4n) is 0.843. The van der Waals surface area contributed by atoms with Crippen LogP contribution in [-0.2, 0) is 0 Å². The van der Waals surface area contributed by atoms with Gasteiger partial charge in [0.25, 0.3) is 0 Å². The van der Waals surface area contributed by atoms with Crippen LogP contribution in [0.2, 0.25) is 0 Å². The Labute approximate surface area is 90.1 Å². The Kier molecular flexibility index (Phi) is 3.99. The van der Waals surface area contributed by atoms with Crippen molar-refractivity contribution < 1.29 is 9.84 Å². The Bertz CT molecular complexity index is 333. The molecular weight excluding hydrogens is 281 g/mol. The van der Waals surface area contributed by atoms with Crippen molar-refractivity contribution in [3.63, 3.8) is 0 Å². The molecule has 68 valence electrons. The maximum Gasteiger partial charge on any atom is 0.132 e. The first-order valence-electron chi connectivity index (χ1n) is 3.71. The second-order valence-electron chi connectivity index (χ2n) is 2.33. The van der Waals surface area contributed by atoms with Crippen molar-refractivity contribution in [2.45, 2.75) is 0 Å². The molecule has 0 amide bonds. The van der Waals surface area contributed by atoms with Gasteiger partial charge in [-0.3, -0.25) is 0 Å². The van der Waals surface area contributed by atoms with E-state index in [4.69, 9.17) is 15.1 Å². The van der Waals surface area contributed by atoms with E-state index in [9.17, 15) is 0 Å². The molecule has 0 aliphatic heterocycles. The molecule has 0 saturated carbocycles. The minimum absolute atomic E-state index is 0.00389. The number of nitriles is 1. The first-order chi connectivity index (χ1) is 6.27. The van der Waals surface area contributed by atoms with Crippen molar-refractivity contribution in [2.75, 3.05) is 13.2 Å². The van der Waals surface area contributed by atoms with Crippen LogP contribution >= 0.6 is 22.6 Å². The summed E-state index contributed by atoms with van der Waals surface area (Å²) in [6.45, 7) is 0.276. The molecule has 0 aliphatic rings. The Morgan fingerprint density at radius 2 is 2.31 bits per heavy atom. The van der Waals surface area contributed by atoms with E-state index in [1.54, 1.807) is 18.2 Å². The number of aliphatic hydroxyl groups is 1. The van der Waals surface area contributed by atoms with Crippen LogP contribution in [-0.4, -0.2) is 18.3 Å². The number of aliphatic hydroxyl groups excluding tert-OH is 1. The highest BCUT2D eigenvalue weighted by Crippen LogP contribution is 2.21. The zero-order valence-corrected chi connectivity index (χ0v) is 8.98. The maximum absolute atomic E-state index is 8.59. The van der Waals surface area contributed by atoms with Crippen molar-refractivity contribution >= 4 is 22.6 Å². The van der Waals surface area contributed by atoms with E-state index >= 15 is 0 Å². The Hall–Kier alpha value is -0.800. The molecule has 4 heteroatoms. The van der Waals surface area contributed by atoms with Gasteiger partial charge in [0.05, 0.1) is 21.8 Å². The average molecular weight is 289 g/mol. The minimum Gasteiger partial charge on any atom is -0.490 e. The maximum atomic E-state index is 8.59. The highest BCUT2D eigenvalue weighted by molar-refractivity contribution is 14.1. The monoisotopic (exact) mass is 289 g/mol. The van der Waals surface area contributed by atoms with Crippen LogP contribution in [0.3, 0.4) is 0 Å². The average Bonchev–Trinajstić information content (AvgIpc) is 2.16. The lowest BCUT2D eigenvalue weighted by molar-refractivity contribution is 0.200. The molecule has 0 spiro atoms. The lowest BCUT2D eigenvalue weighted by Crippen LogP contribution is -2.02. The van der Waals surface area contributed by atoms with Crippen molar-refractivity contribution in [1.82, 2.24) is 0 Å². The first kappa shape index (κ1) is 10.3. The third kappa shape index (κ3) is 2.86. The fraction of sp³-hybridized carbons (Fsp3) is 0.222. The van der Waals surface area contributed by atoms with Gasteiger partial charge in [-0.1, -0.05) is 0 Å². The smallest absolute Gasteiger partial charge is 0.132 e. The van der Waals surface area contributed by atoms with Gasteiger partial charge in [0.1, 0.15) is 12.4 Å². The predicted octanol–water partition coefficient (Wildman–Crippen LogP) is 1.53. The molecule has 0 unspecified atom stereocenters. The molecule has 1 aromatic rings. The van der Waals surface area contributed by atoms with Crippen molar-refractivity contribution in [1.29, 1.82) is 5.26 Å². The highest BCUT2D eigenvalue weighted by Gasteiger charge is 2.01. The molecule has 0 bridgehead atoms. The van der Waals surface area contributed by atoms with E-state index < -0.39 is 0 Å². The normalized spacial score (nSPS) is 9.31. The van der Waals surface area contributed by atoms with Crippen LogP contribution in [0, 0.1) is 14.9 Å². The molecule has 1 aromatic carbocycles. The van der Waals surface area contributed by atoms with Crippen molar-refractivity contribution in [3.05, 3.63) is 27.3 Å². The molecule has 0 aromatic heterocycles. The van der Waals surface area contributed by atoms with Gasteiger partial charge in [0.2, 0.25) is 0 Å². The van der Waals surface area contributed by atoms with Crippen molar-refractivity contribution in [2.24, 2.45) is 0 Å². The van der Waals surface area contributed by atoms with Gasteiger partial charge in [0, 0.05) is 0 Å². The SMILES string of the molecule is N#Cc1ccc(OCCO)c(I)c1. The molecule has 1 rings (SSSR count). The number of ether oxygens (including phenoxy) is 1. The number of rotatable bonds is 3. The summed E-state index contributed by atoms with van der Waals surface area (Å²) in [6.07, 6.45) is 0. The van der Waals surface area contributed by atoms with E-state index in [2.05, 4.69) is 22.6 Å². The number of hydrogen-bond acceptors (Lipinski definition) is 3. The second-order valence-corrected chi connectivity index (χ2v) is 3.49. The Balaban J connectivity index is 2.81. The van der Waals surface area contributed by atoms with Crippen LogP contribution in [0.4, 0.5) is 0 Å². The van der Waals surface area contributed by atoms with Crippen LogP contribution in [0.15, 0.2) is 18.2 Å². The van der Waals surface area contributed by atoms with E-state index in [0.717, 1.165) is 3.57 Å². The molecular formula is C9H8INO2. The Morgan fingerprint density at radius 3 is 2.85 bits per heavy atom. The summed E-state index contributed by atoms with van der Waals surface area (Å²) in [6, 6.07) is 7.21. The molecule has 3 nitrogen and oxygen atoms in total. The fourth-order valence-corrected chi connectivity index (χ4v) is 1.51. The summed E-state index contributed by atoms with van der Waals surface area (Å²) in [5.41, 5.74) is 0.612. The van der Waals surface area contributed by atoms with E-state index in [1.165, 1.54) is 0 Å². The summed E-state index contributed by atoms with van der Waals surface area (Å²) in [7, 11) is 0. The van der Waals surface area contributed by atoms with E-state index in [-0.39, 0.29) is 13.2 Å². The van der Waals surface area contributed by atoms with E-state index in [0.29, 0.717) is 11.3 Å². The summed E-state index contributed by atoms with van der Waals surface area (Å²) in [5, 5.41) is 17.1. The molecule has 0 fully saturated rings. The standard InChI is InChI=1S/C9H8INO2/c10-8-5-7(6-11)1-2-9(8)13-4-3-12/h1-2,5,12H,3-4H2. The van der Waals surface area contributed by atoms with Crippen LogP contribution in [0.25, 0.3) is 0 Å². The van der Waals surface area contributed by atoms with Crippen LogP contribution in [0.5, 0.6) is 5.75 Å². The van der Waals surface area contributed by atoms with Crippen LogP contribution in [0.1, 0.15) is 5.56 Å². The van der Waals surface area contributed by atoms with Crippen LogP contribution < -0.4 is 4.74 Å². The van der Waals surface area contributed by atoms with Gasteiger partial charge < -0.3 is 9.84 Å². The zero-order valence-electron chi connectivity index (χ0n) is 6.83. The molecule has 0 heterocycles. The third-order valence-corrected chi connectivity index (χ3v) is 2.25. The minimum atomic E-state index is -0.00389. The summed E-state index contributed by atoms with van der Waals surface area (Å²) < 4.78 is 6.10. The van der Waals surface area contributed by atoms with Gasteiger partial charge in [-0.15, -0.1) is 0 Å². The van der Waals surface area contributed by atoms with Crippen molar-refractivity contribution in [3.8, 4) is 11.8 Å². The van der Waals surface area contributed by atoms with Gasteiger partial charge in [-0.2, -0.15) is 5.26 Å². The first-order valence-corrected chi connectivity index (χ1v) is 4.79. The largest absolute Gasteiger partial charge is 0.490 e. The number of nitrogens with zero attached hydrogens (tertiary/aromatic N) is 1. The second kappa shape index (κ2) is 5.04. The number of benzene rings is 1. The molecule has 0 aliphatic carbocycles. The number of hydrogen-bond donors (Lipinski definition) is 1. The molecule has 1 N–H and O–H groups in total. The molecule has 13 heavy (non-hydrogen) atoms. The van der Waals surface area contributed by atoms with E-state index in [1.807, 2.05) is 6.07 Å². The van der Waals surface area contributed by atoms with Gasteiger partial charge in [-0.25, -0.2) is 0 Å². The molecule has 0 saturated heterocycles. The lowest BCUT2D eigenvalue weighted by atomic mass is 10.2. The number of halogens is 1. The predicted molar refractivity (Wildman–Crippen MR) is 56.5 cm³/mol. The molecule has 0 atom stereocenters. The van der Waals surface area contributed by atoms with Gasteiger partial charge in [0.15, 0.2) is 0 Å². The summed E-state index contributed by atoms with van der Waals surface area (Å²) >= 11 is 2.09.